The Morgan fingerprint density at radius 3 is 2.12 bits per heavy atom. The van der Waals surface area contributed by atoms with Gasteiger partial charge in [-0.2, -0.15) is 6.61 Å². The van der Waals surface area contributed by atoms with Crippen LogP contribution < -0.4 is 0 Å². The van der Waals surface area contributed by atoms with Crippen LogP contribution in [0.15, 0.2) is 0 Å². The molecule has 0 unspecified atom stereocenters. The average Bonchev–Trinajstić information content (AvgIpc) is 1.88. The Labute approximate surface area is 62.1 Å². The number of hydrogen-bond acceptors (Lipinski definition) is 2. The van der Waals surface area contributed by atoms with Gasteiger partial charge in [0.05, 0.1) is 0 Å². The molecular formula is C4H9ClNiO2-. The van der Waals surface area contributed by atoms with Gasteiger partial charge >= 0.3 is 24.8 Å². The first-order valence-corrected chi connectivity index (χ1v) is 3.23. The molecule has 0 fully saturated rings. The van der Waals surface area contributed by atoms with Crippen LogP contribution in [0.4, 0.5) is 0 Å². The minimum atomic E-state index is 0.566. The molecule has 0 amide bonds. The van der Waals surface area contributed by atoms with E-state index in [0.29, 0.717) is 6.61 Å². The Balaban J connectivity index is 0. The summed E-state index contributed by atoms with van der Waals surface area (Å²) in [5.74, 6) is 0. The first-order valence-electron chi connectivity index (χ1n) is 1.87. The molecule has 8 heavy (non-hydrogen) atoms. The van der Waals surface area contributed by atoms with Crippen LogP contribution in [-0.2, 0) is 24.0 Å². The molecule has 0 atom stereocenters. The summed E-state index contributed by atoms with van der Waals surface area (Å²) in [5.41, 5.74) is 0. The second-order valence-corrected chi connectivity index (χ2v) is 0.858. The number of hydrogen-bond donors (Lipinski definition) is 0. The van der Waals surface area contributed by atoms with E-state index in [4.69, 9.17) is 0 Å². The van der Waals surface area contributed by atoms with E-state index in [1.165, 1.54) is 0 Å². The van der Waals surface area contributed by atoms with Crippen LogP contribution in [0.1, 0.15) is 0 Å². The standard InChI is InChI=1S/C4H9O2.ClH.Ni/c1-5-3-4-6-2;;/h3H,4H2,1-2H3;1H;/q-1;;+1/p-1. The monoisotopic (exact) mass is 182 g/mol. The third kappa shape index (κ3) is 15.9. The summed E-state index contributed by atoms with van der Waals surface area (Å²) in [5, 5.41) is 0. The van der Waals surface area contributed by atoms with Crippen LogP contribution in [0.5, 0.6) is 0 Å². The predicted molar refractivity (Wildman–Crippen MR) is 29.0 cm³/mol. The van der Waals surface area contributed by atoms with Crippen LogP contribution in [-0.4, -0.2) is 20.8 Å². The number of ether oxygens (including phenoxy) is 2. The summed E-state index contributed by atoms with van der Waals surface area (Å²) in [6.07, 6.45) is 0. The molecule has 0 bridgehead atoms. The van der Waals surface area contributed by atoms with E-state index in [1.807, 2.05) is 0 Å². The van der Waals surface area contributed by atoms with Gasteiger partial charge in [0, 0.05) is 7.11 Å². The first kappa shape index (κ1) is 11.5. The minimum absolute atomic E-state index is 0.566. The van der Waals surface area contributed by atoms with Gasteiger partial charge in [0.2, 0.25) is 0 Å². The number of methoxy groups -OCH3 is 2. The van der Waals surface area contributed by atoms with Gasteiger partial charge in [0.15, 0.2) is 0 Å². The van der Waals surface area contributed by atoms with E-state index in [0.717, 1.165) is 0 Å². The van der Waals surface area contributed by atoms with Crippen LogP contribution in [0.3, 0.4) is 0 Å². The molecule has 0 radical (unpaired) electrons. The number of halogens is 1. The Morgan fingerprint density at radius 1 is 1.50 bits per heavy atom. The summed E-state index contributed by atoms with van der Waals surface area (Å²) in [6, 6.07) is 0. The summed E-state index contributed by atoms with van der Waals surface area (Å²) >= 11 is 3.35. The van der Waals surface area contributed by atoms with Gasteiger partial charge in [-0.1, -0.05) is 6.61 Å². The predicted octanol–water partition coefficient (Wildman–Crippen LogP) is 1.13. The molecule has 0 aliphatic heterocycles. The van der Waals surface area contributed by atoms with E-state index in [9.17, 15) is 0 Å². The molecule has 0 aromatic rings. The molecule has 0 N–H and O–H groups in total. The van der Waals surface area contributed by atoms with Gasteiger partial charge in [-0.15, -0.1) is 0 Å². The van der Waals surface area contributed by atoms with Crippen molar-refractivity contribution in [3.05, 3.63) is 6.61 Å². The number of rotatable bonds is 3. The average molecular weight is 183 g/mol. The zero-order valence-electron chi connectivity index (χ0n) is 4.80. The zero-order valence-corrected chi connectivity index (χ0v) is 6.54. The van der Waals surface area contributed by atoms with E-state index in [1.54, 1.807) is 20.8 Å². The van der Waals surface area contributed by atoms with Crippen LogP contribution >= 0.6 is 10.2 Å². The van der Waals surface area contributed by atoms with Crippen molar-refractivity contribution in [2.75, 3.05) is 20.8 Å². The van der Waals surface area contributed by atoms with Crippen molar-refractivity contribution in [2.45, 2.75) is 0 Å². The van der Waals surface area contributed by atoms with Crippen LogP contribution in [0, 0.1) is 6.61 Å². The molecule has 0 saturated carbocycles. The van der Waals surface area contributed by atoms with E-state index >= 15 is 0 Å². The maximum absolute atomic E-state index is 4.60. The molecule has 0 rings (SSSR count). The molecule has 2 nitrogen and oxygen atoms in total. The Bertz CT molecular complexity index is 26.0. The van der Waals surface area contributed by atoms with E-state index < -0.39 is 0 Å². The second kappa shape index (κ2) is 15.6. The van der Waals surface area contributed by atoms with Crippen LogP contribution in [0.25, 0.3) is 0 Å². The molecule has 0 aliphatic carbocycles. The van der Waals surface area contributed by atoms with Crippen molar-refractivity contribution in [1.82, 2.24) is 0 Å². The van der Waals surface area contributed by atoms with Gasteiger partial charge in [-0.25, -0.2) is 0 Å². The molecule has 0 aromatic carbocycles. The van der Waals surface area contributed by atoms with Gasteiger partial charge in [0.25, 0.3) is 0 Å². The Hall–Kier alpha value is 0.704. The Morgan fingerprint density at radius 2 is 2.00 bits per heavy atom. The molecule has 0 heterocycles. The topological polar surface area (TPSA) is 18.5 Å². The first-order chi connectivity index (χ1) is 3.91. The van der Waals surface area contributed by atoms with Gasteiger partial charge < -0.3 is 9.47 Å². The van der Waals surface area contributed by atoms with Crippen molar-refractivity contribution in [3.63, 3.8) is 0 Å². The summed E-state index contributed by atoms with van der Waals surface area (Å²) in [4.78, 5) is 0. The zero-order chi connectivity index (χ0) is 6.83. The fourth-order valence-corrected chi connectivity index (χ4v) is 0.136. The van der Waals surface area contributed by atoms with Crippen molar-refractivity contribution < 1.29 is 24.0 Å². The van der Waals surface area contributed by atoms with Crippen molar-refractivity contribution in [2.24, 2.45) is 0 Å². The van der Waals surface area contributed by atoms with Crippen LogP contribution in [0.2, 0.25) is 0 Å². The molecule has 55 valence electrons. The Kier molecular flexibility index (Phi) is 22.5. The van der Waals surface area contributed by atoms with Crippen molar-refractivity contribution >= 4 is 10.2 Å². The summed E-state index contributed by atoms with van der Waals surface area (Å²) in [6.45, 7) is 2.15. The third-order valence-electron chi connectivity index (χ3n) is 0.401. The van der Waals surface area contributed by atoms with Crippen molar-refractivity contribution in [1.29, 1.82) is 0 Å². The van der Waals surface area contributed by atoms with Crippen molar-refractivity contribution in [3.8, 4) is 0 Å². The maximum atomic E-state index is 4.60. The molecule has 0 aliphatic rings. The molecular weight excluding hydrogens is 174 g/mol. The third-order valence-corrected chi connectivity index (χ3v) is 0.401. The summed E-state index contributed by atoms with van der Waals surface area (Å²) < 4.78 is 9.13. The fraction of sp³-hybridized carbons (Fsp3) is 0.750. The quantitative estimate of drug-likeness (QED) is 0.371. The molecule has 0 aromatic heterocycles. The molecule has 4 heteroatoms. The second-order valence-electron chi connectivity index (χ2n) is 0.858. The SMILES string of the molecule is CO[CH-]COC.[Cl][Ni]. The molecule has 0 spiro atoms. The van der Waals surface area contributed by atoms with E-state index in [2.05, 4.69) is 34.2 Å². The van der Waals surface area contributed by atoms with Gasteiger partial charge in [-0.05, 0) is 7.11 Å². The van der Waals surface area contributed by atoms with E-state index in [-0.39, 0.29) is 0 Å². The normalized spacial score (nSPS) is 7.62. The summed E-state index contributed by atoms with van der Waals surface area (Å²) in [7, 11) is 7.48. The van der Waals surface area contributed by atoms with Gasteiger partial charge in [0.1, 0.15) is 0 Å². The fourth-order valence-electron chi connectivity index (χ4n) is 0.136. The molecule has 0 saturated heterocycles. The van der Waals surface area contributed by atoms with Gasteiger partial charge in [-0.3, -0.25) is 0 Å².